The molecule has 0 spiro atoms. The molecular weight excluding hydrogens is 470 g/mol. The Bertz CT molecular complexity index is 1170. The van der Waals surface area contributed by atoms with Crippen LogP contribution in [0, 0.1) is 10.1 Å². The maximum absolute atomic E-state index is 12.1. The van der Waals surface area contributed by atoms with Crippen molar-refractivity contribution >= 4 is 33.7 Å². The van der Waals surface area contributed by atoms with Gasteiger partial charge in [0.05, 0.1) is 17.6 Å². The number of halogens is 1. The van der Waals surface area contributed by atoms with Crippen LogP contribution in [0.15, 0.2) is 62.5 Å². The van der Waals surface area contributed by atoms with Gasteiger partial charge in [-0.05, 0) is 51.8 Å². The van der Waals surface area contributed by atoms with E-state index in [9.17, 15) is 14.9 Å². The van der Waals surface area contributed by atoms with Gasteiger partial charge in [0, 0.05) is 22.2 Å². The Hall–Kier alpha value is -3.66. The number of furan rings is 1. The third kappa shape index (κ3) is 4.92. The zero-order valence-corrected chi connectivity index (χ0v) is 17.6. The number of benzene rings is 2. The normalized spacial score (nSPS) is 12.7. The topological polar surface area (TPSA) is 116 Å². The fourth-order valence-electron chi connectivity index (χ4n) is 2.97. The fourth-order valence-corrected chi connectivity index (χ4v) is 3.54. The van der Waals surface area contributed by atoms with Crippen LogP contribution in [0.2, 0.25) is 0 Å². The van der Waals surface area contributed by atoms with Gasteiger partial charge in [0.15, 0.2) is 11.5 Å². The second-order valence-corrected chi connectivity index (χ2v) is 7.43. The number of hydrogen-bond acceptors (Lipinski definition) is 7. The molecule has 10 heteroatoms. The van der Waals surface area contributed by atoms with Gasteiger partial charge in [0.2, 0.25) is 5.91 Å². The van der Waals surface area contributed by atoms with E-state index in [0.29, 0.717) is 46.3 Å². The molecule has 3 aromatic rings. The van der Waals surface area contributed by atoms with E-state index >= 15 is 0 Å². The van der Waals surface area contributed by atoms with Gasteiger partial charge in [-0.2, -0.15) is 5.10 Å². The summed E-state index contributed by atoms with van der Waals surface area (Å²) in [5.41, 5.74) is 3.87. The molecule has 1 aromatic heterocycles. The summed E-state index contributed by atoms with van der Waals surface area (Å²) < 4.78 is 17.2. The van der Waals surface area contributed by atoms with Crippen molar-refractivity contribution in [3.63, 3.8) is 0 Å². The predicted molar refractivity (Wildman–Crippen MR) is 115 cm³/mol. The standard InChI is InChI=1S/C21H16BrN3O6/c22-17-11-14(25(27)28)2-4-16(17)18-6-3-15(31-18)12-23-24-21(26)10-13-1-5-19-20(9-13)30-8-7-29-19/h1-6,9,11-12H,7-8,10H2,(H,24,26)/b23-12-. The van der Waals surface area contributed by atoms with Crippen molar-refractivity contribution in [3.05, 3.63) is 74.4 Å². The number of non-ortho nitro benzene ring substituents is 1. The van der Waals surface area contributed by atoms with E-state index in [0.717, 1.165) is 5.56 Å². The first kappa shape index (κ1) is 20.6. The minimum Gasteiger partial charge on any atom is -0.486 e. The number of rotatable bonds is 6. The van der Waals surface area contributed by atoms with Gasteiger partial charge in [-0.3, -0.25) is 14.9 Å². The van der Waals surface area contributed by atoms with Crippen molar-refractivity contribution in [1.29, 1.82) is 0 Å². The van der Waals surface area contributed by atoms with Gasteiger partial charge in [0.1, 0.15) is 24.7 Å². The molecule has 0 saturated carbocycles. The van der Waals surface area contributed by atoms with Gasteiger partial charge in [-0.15, -0.1) is 0 Å². The fraction of sp³-hybridized carbons (Fsp3) is 0.143. The number of nitro benzene ring substituents is 1. The quantitative estimate of drug-likeness (QED) is 0.319. The molecule has 0 fully saturated rings. The smallest absolute Gasteiger partial charge is 0.270 e. The number of nitro groups is 1. The number of carbonyl (C=O) groups excluding carboxylic acids is 1. The lowest BCUT2D eigenvalue weighted by Gasteiger charge is -2.18. The van der Waals surface area contributed by atoms with Gasteiger partial charge >= 0.3 is 0 Å². The molecule has 9 nitrogen and oxygen atoms in total. The van der Waals surface area contributed by atoms with E-state index in [-0.39, 0.29) is 18.0 Å². The molecule has 31 heavy (non-hydrogen) atoms. The second-order valence-electron chi connectivity index (χ2n) is 6.57. The summed E-state index contributed by atoms with van der Waals surface area (Å²) in [7, 11) is 0. The van der Waals surface area contributed by atoms with Gasteiger partial charge in [-0.1, -0.05) is 6.07 Å². The molecule has 1 N–H and O–H groups in total. The summed E-state index contributed by atoms with van der Waals surface area (Å²) in [6.07, 6.45) is 1.51. The molecule has 0 radical (unpaired) electrons. The van der Waals surface area contributed by atoms with Crippen molar-refractivity contribution in [2.45, 2.75) is 6.42 Å². The second kappa shape index (κ2) is 9.00. The highest BCUT2D eigenvalue weighted by atomic mass is 79.9. The first-order valence-electron chi connectivity index (χ1n) is 9.24. The van der Waals surface area contributed by atoms with Crippen LogP contribution in [0.25, 0.3) is 11.3 Å². The molecule has 1 aliphatic rings. The Kier molecular flexibility index (Phi) is 5.99. The molecule has 0 atom stereocenters. The molecular formula is C21H16BrN3O6. The van der Waals surface area contributed by atoms with Gasteiger partial charge in [0.25, 0.3) is 5.69 Å². The zero-order valence-electron chi connectivity index (χ0n) is 16.0. The molecule has 2 aromatic carbocycles. The number of hydrazone groups is 1. The van der Waals surface area contributed by atoms with Crippen LogP contribution in [0.4, 0.5) is 5.69 Å². The third-order valence-corrected chi connectivity index (χ3v) is 5.06. The van der Waals surface area contributed by atoms with Crippen LogP contribution in [-0.4, -0.2) is 30.3 Å². The zero-order chi connectivity index (χ0) is 21.8. The highest BCUT2D eigenvalue weighted by Gasteiger charge is 2.14. The average Bonchev–Trinajstić information content (AvgIpc) is 3.22. The number of fused-ring (bicyclic) bond motifs is 1. The van der Waals surface area contributed by atoms with E-state index in [2.05, 4.69) is 26.5 Å². The lowest BCUT2D eigenvalue weighted by molar-refractivity contribution is -0.384. The Morgan fingerprint density at radius 2 is 1.94 bits per heavy atom. The monoisotopic (exact) mass is 485 g/mol. The molecule has 158 valence electrons. The first-order valence-corrected chi connectivity index (χ1v) is 10.0. The Morgan fingerprint density at radius 1 is 1.13 bits per heavy atom. The Morgan fingerprint density at radius 3 is 2.71 bits per heavy atom. The van der Waals surface area contributed by atoms with Crippen molar-refractivity contribution in [3.8, 4) is 22.8 Å². The lowest BCUT2D eigenvalue weighted by atomic mass is 10.1. The molecule has 1 amide bonds. The van der Waals surface area contributed by atoms with Crippen molar-refractivity contribution in [1.82, 2.24) is 5.43 Å². The first-order chi connectivity index (χ1) is 15.0. The molecule has 0 bridgehead atoms. The largest absolute Gasteiger partial charge is 0.486 e. The summed E-state index contributed by atoms with van der Waals surface area (Å²) in [6, 6.07) is 13.1. The van der Waals surface area contributed by atoms with E-state index in [4.69, 9.17) is 13.9 Å². The Labute approximate surface area is 184 Å². The van der Waals surface area contributed by atoms with Crippen LogP contribution in [0.5, 0.6) is 11.5 Å². The summed E-state index contributed by atoms with van der Waals surface area (Å²) in [5, 5.41) is 14.8. The molecule has 0 aliphatic carbocycles. The Balaban J connectivity index is 1.36. The molecule has 2 heterocycles. The summed E-state index contributed by atoms with van der Waals surface area (Å²) in [5.74, 6) is 1.92. The number of hydrogen-bond donors (Lipinski definition) is 1. The summed E-state index contributed by atoms with van der Waals surface area (Å²) in [6.45, 7) is 0.992. The number of nitrogens with zero attached hydrogens (tertiary/aromatic N) is 2. The average molecular weight is 486 g/mol. The molecule has 0 saturated heterocycles. The van der Waals surface area contributed by atoms with Gasteiger partial charge in [-0.25, -0.2) is 5.43 Å². The number of nitrogens with one attached hydrogen (secondary N) is 1. The molecule has 1 aliphatic heterocycles. The van der Waals surface area contributed by atoms with Crippen molar-refractivity contribution in [2.24, 2.45) is 5.10 Å². The highest BCUT2D eigenvalue weighted by Crippen LogP contribution is 2.32. The number of carbonyl (C=O) groups is 1. The van der Waals surface area contributed by atoms with Crippen LogP contribution in [0.1, 0.15) is 11.3 Å². The van der Waals surface area contributed by atoms with Crippen LogP contribution in [0.3, 0.4) is 0 Å². The minimum absolute atomic E-state index is 0.0234. The van der Waals surface area contributed by atoms with Crippen LogP contribution < -0.4 is 14.9 Å². The predicted octanol–water partition coefficient (Wildman–Crippen LogP) is 4.08. The maximum Gasteiger partial charge on any atom is 0.270 e. The van der Waals surface area contributed by atoms with E-state index < -0.39 is 4.92 Å². The van der Waals surface area contributed by atoms with E-state index in [1.807, 2.05) is 0 Å². The maximum atomic E-state index is 12.1. The lowest BCUT2D eigenvalue weighted by Crippen LogP contribution is -2.20. The molecule has 4 rings (SSSR count). The summed E-state index contributed by atoms with van der Waals surface area (Å²) >= 11 is 3.32. The SMILES string of the molecule is O=C(Cc1ccc2c(c1)OCCO2)N/N=C\c1ccc(-c2ccc([N+](=O)[O-])cc2Br)o1. The van der Waals surface area contributed by atoms with Crippen LogP contribution in [-0.2, 0) is 11.2 Å². The third-order valence-electron chi connectivity index (χ3n) is 4.41. The van der Waals surface area contributed by atoms with Gasteiger partial charge < -0.3 is 13.9 Å². The minimum atomic E-state index is -0.470. The number of ether oxygens (including phenoxy) is 2. The van der Waals surface area contributed by atoms with E-state index in [1.165, 1.54) is 18.3 Å². The summed E-state index contributed by atoms with van der Waals surface area (Å²) in [4.78, 5) is 22.5. The van der Waals surface area contributed by atoms with E-state index in [1.54, 1.807) is 36.4 Å². The van der Waals surface area contributed by atoms with Crippen molar-refractivity contribution < 1.29 is 23.6 Å². The van der Waals surface area contributed by atoms with Crippen LogP contribution >= 0.6 is 15.9 Å². The number of amides is 1. The van der Waals surface area contributed by atoms with Crippen molar-refractivity contribution in [2.75, 3.05) is 13.2 Å². The molecule has 0 unspecified atom stereocenters. The highest BCUT2D eigenvalue weighted by molar-refractivity contribution is 9.10.